The number of carbonyl (C=O) groups is 2. The molecule has 1 saturated carbocycles. The minimum Gasteiger partial charge on any atom is -0.481 e. The lowest BCUT2D eigenvalue weighted by molar-refractivity contribution is -0.149. The number of aliphatic carboxylic acids is 1. The third kappa shape index (κ3) is 3.51. The Morgan fingerprint density at radius 2 is 1.96 bits per heavy atom. The van der Waals surface area contributed by atoms with Gasteiger partial charge >= 0.3 is 5.97 Å². The van der Waals surface area contributed by atoms with Crippen LogP contribution in [0, 0.1) is 23.0 Å². The molecule has 2 unspecified atom stereocenters. The third-order valence-electron chi connectivity index (χ3n) is 4.90. The molecular formula is C17H21F2NO3. The summed E-state index contributed by atoms with van der Waals surface area (Å²) in [4.78, 5) is 23.6. The molecule has 2 atom stereocenters. The number of hydrogen-bond donors (Lipinski definition) is 2. The maximum atomic E-state index is 13.7. The Balaban J connectivity index is 1.97. The van der Waals surface area contributed by atoms with Gasteiger partial charge in [-0.25, -0.2) is 8.78 Å². The second kappa shape index (κ2) is 6.64. The van der Waals surface area contributed by atoms with Crippen molar-refractivity contribution in [1.82, 2.24) is 5.32 Å². The Morgan fingerprint density at radius 3 is 2.48 bits per heavy atom. The highest BCUT2D eigenvalue weighted by molar-refractivity contribution is 5.84. The molecule has 2 N–H and O–H groups in total. The van der Waals surface area contributed by atoms with Crippen LogP contribution in [0.5, 0.6) is 0 Å². The molecule has 2 rings (SSSR count). The van der Waals surface area contributed by atoms with E-state index in [9.17, 15) is 23.5 Å². The van der Waals surface area contributed by atoms with Crippen molar-refractivity contribution in [3.63, 3.8) is 0 Å². The summed E-state index contributed by atoms with van der Waals surface area (Å²) in [5.74, 6) is -3.14. The standard InChI is InChI=1S/C17H21F2NO3/c1-3-17(4-2,16(22)23)9-20-15(21)13-8-12(13)11-6-5-10(18)7-14(11)19/h5-7,12-13H,3-4,8-9H2,1-2H3,(H,20,21)(H,22,23). The number of amides is 1. The van der Waals surface area contributed by atoms with E-state index in [0.29, 0.717) is 24.8 Å². The molecule has 1 amide bonds. The molecule has 1 aliphatic rings. The zero-order chi connectivity index (χ0) is 17.2. The molecule has 0 bridgehead atoms. The Labute approximate surface area is 133 Å². The first-order valence-electron chi connectivity index (χ1n) is 7.80. The van der Waals surface area contributed by atoms with Crippen molar-refractivity contribution in [2.24, 2.45) is 11.3 Å². The van der Waals surface area contributed by atoms with E-state index in [1.165, 1.54) is 12.1 Å². The summed E-state index contributed by atoms with van der Waals surface area (Å²) in [5.41, 5.74) is -0.636. The summed E-state index contributed by atoms with van der Waals surface area (Å²) in [5, 5.41) is 12.0. The van der Waals surface area contributed by atoms with Crippen LogP contribution in [0.25, 0.3) is 0 Å². The molecule has 0 saturated heterocycles. The number of carboxylic acids is 1. The summed E-state index contributed by atoms with van der Waals surface area (Å²) >= 11 is 0. The SMILES string of the molecule is CCC(CC)(CNC(=O)C1CC1c1ccc(F)cc1F)C(=O)O. The molecule has 0 aliphatic heterocycles. The topological polar surface area (TPSA) is 66.4 Å². The normalized spacial score (nSPS) is 20.2. The highest BCUT2D eigenvalue weighted by Gasteiger charge is 2.46. The highest BCUT2D eigenvalue weighted by Crippen LogP contribution is 2.48. The monoisotopic (exact) mass is 325 g/mol. The maximum Gasteiger partial charge on any atom is 0.311 e. The Bertz CT molecular complexity index is 614. The average molecular weight is 325 g/mol. The quantitative estimate of drug-likeness (QED) is 0.809. The van der Waals surface area contributed by atoms with Crippen molar-refractivity contribution >= 4 is 11.9 Å². The van der Waals surface area contributed by atoms with Crippen LogP contribution in [0.3, 0.4) is 0 Å². The minimum atomic E-state index is -0.971. The Morgan fingerprint density at radius 1 is 1.30 bits per heavy atom. The van der Waals surface area contributed by atoms with Gasteiger partial charge in [0.05, 0.1) is 5.41 Å². The molecule has 1 aliphatic carbocycles. The fourth-order valence-electron chi connectivity index (χ4n) is 2.90. The highest BCUT2D eigenvalue weighted by atomic mass is 19.1. The van der Waals surface area contributed by atoms with Crippen LogP contribution in [0.15, 0.2) is 18.2 Å². The van der Waals surface area contributed by atoms with Crippen molar-refractivity contribution in [3.05, 3.63) is 35.4 Å². The Kier molecular flexibility index (Phi) is 5.02. The number of rotatable bonds is 7. The van der Waals surface area contributed by atoms with Crippen LogP contribution in [0.1, 0.15) is 44.6 Å². The average Bonchev–Trinajstić information content (AvgIpc) is 3.28. The van der Waals surface area contributed by atoms with Gasteiger partial charge in [-0.1, -0.05) is 19.9 Å². The van der Waals surface area contributed by atoms with Gasteiger partial charge in [0.15, 0.2) is 0 Å². The molecule has 0 radical (unpaired) electrons. The van der Waals surface area contributed by atoms with Crippen LogP contribution in [-0.2, 0) is 9.59 Å². The molecule has 0 spiro atoms. The zero-order valence-corrected chi connectivity index (χ0v) is 13.2. The minimum absolute atomic E-state index is 0.0588. The smallest absolute Gasteiger partial charge is 0.311 e. The first-order chi connectivity index (χ1) is 10.8. The second-order valence-corrected chi connectivity index (χ2v) is 6.12. The molecule has 6 heteroatoms. The predicted octanol–water partition coefficient (Wildman–Crippen LogP) is 3.08. The zero-order valence-electron chi connectivity index (χ0n) is 13.2. The van der Waals surface area contributed by atoms with E-state index in [0.717, 1.165) is 6.07 Å². The van der Waals surface area contributed by atoms with Gasteiger partial charge in [0.25, 0.3) is 0 Å². The van der Waals surface area contributed by atoms with Gasteiger partial charge in [0, 0.05) is 18.5 Å². The fourth-order valence-corrected chi connectivity index (χ4v) is 2.90. The van der Waals surface area contributed by atoms with Crippen molar-refractivity contribution in [2.75, 3.05) is 6.54 Å². The lowest BCUT2D eigenvalue weighted by Crippen LogP contribution is -2.43. The van der Waals surface area contributed by atoms with E-state index >= 15 is 0 Å². The van der Waals surface area contributed by atoms with Gasteiger partial charge in [-0.3, -0.25) is 9.59 Å². The van der Waals surface area contributed by atoms with Crippen molar-refractivity contribution in [2.45, 2.75) is 39.0 Å². The number of halogens is 2. The van der Waals surface area contributed by atoms with Gasteiger partial charge in [-0.2, -0.15) is 0 Å². The van der Waals surface area contributed by atoms with Crippen LogP contribution in [0.2, 0.25) is 0 Å². The molecule has 126 valence electrons. The van der Waals surface area contributed by atoms with E-state index in [1.54, 1.807) is 13.8 Å². The second-order valence-electron chi connectivity index (χ2n) is 6.12. The van der Waals surface area contributed by atoms with Crippen LogP contribution in [-0.4, -0.2) is 23.5 Å². The Hall–Kier alpha value is -1.98. The van der Waals surface area contributed by atoms with E-state index in [4.69, 9.17) is 0 Å². The fraction of sp³-hybridized carbons (Fsp3) is 0.529. The van der Waals surface area contributed by atoms with Gasteiger partial charge in [-0.15, -0.1) is 0 Å². The summed E-state index contributed by atoms with van der Waals surface area (Å²) in [6, 6.07) is 3.35. The molecule has 0 heterocycles. The van der Waals surface area contributed by atoms with Crippen LogP contribution < -0.4 is 5.32 Å². The lowest BCUT2D eigenvalue weighted by Gasteiger charge is -2.26. The van der Waals surface area contributed by atoms with E-state index in [1.807, 2.05) is 0 Å². The predicted molar refractivity (Wildman–Crippen MR) is 80.9 cm³/mol. The molecular weight excluding hydrogens is 304 g/mol. The molecule has 1 aromatic carbocycles. The molecule has 4 nitrogen and oxygen atoms in total. The summed E-state index contributed by atoms with van der Waals surface area (Å²) in [6.07, 6.45) is 1.33. The van der Waals surface area contributed by atoms with Crippen molar-refractivity contribution in [1.29, 1.82) is 0 Å². The largest absolute Gasteiger partial charge is 0.481 e. The number of benzene rings is 1. The van der Waals surface area contributed by atoms with Gasteiger partial charge < -0.3 is 10.4 Å². The number of carbonyl (C=O) groups excluding carboxylic acids is 1. The van der Waals surface area contributed by atoms with Gasteiger partial charge in [-0.05, 0) is 36.8 Å². The van der Waals surface area contributed by atoms with E-state index in [2.05, 4.69) is 5.32 Å². The van der Waals surface area contributed by atoms with Crippen molar-refractivity contribution < 1.29 is 23.5 Å². The molecule has 1 fully saturated rings. The summed E-state index contributed by atoms with van der Waals surface area (Å²) in [7, 11) is 0. The lowest BCUT2D eigenvalue weighted by atomic mass is 9.82. The molecule has 23 heavy (non-hydrogen) atoms. The van der Waals surface area contributed by atoms with Crippen LogP contribution >= 0.6 is 0 Å². The van der Waals surface area contributed by atoms with Crippen molar-refractivity contribution in [3.8, 4) is 0 Å². The molecule has 0 aromatic heterocycles. The van der Waals surface area contributed by atoms with Gasteiger partial charge in [0.2, 0.25) is 5.91 Å². The maximum absolute atomic E-state index is 13.7. The van der Waals surface area contributed by atoms with Gasteiger partial charge in [0.1, 0.15) is 11.6 Å². The first kappa shape index (κ1) is 17.4. The third-order valence-corrected chi connectivity index (χ3v) is 4.90. The van der Waals surface area contributed by atoms with Crippen LogP contribution in [0.4, 0.5) is 8.78 Å². The summed E-state index contributed by atoms with van der Waals surface area (Å²) < 4.78 is 26.6. The first-order valence-corrected chi connectivity index (χ1v) is 7.80. The number of carboxylic acid groups (broad SMARTS) is 1. The molecule has 1 aromatic rings. The summed E-state index contributed by atoms with van der Waals surface area (Å²) in [6.45, 7) is 3.61. The number of nitrogens with one attached hydrogen (secondary N) is 1. The van der Waals surface area contributed by atoms with E-state index in [-0.39, 0.29) is 24.3 Å². The van der Waals surface area contributed by atoms with E-state index < -0.39 is 23.0 Å². The number of hydrogen-bond acceptors (Lipinski definition) is 2.